The van der Waals surface area contributed by atoms with Gasteiger partial charge in [-0.1, -0.05) is 41.6 Å². The Morgan fingerprint density at radius 1 is 1.03 bits per heavy atom. The number of amides is 2. The van der Waals surface area contributed by atoms with E-state index in [0.29, 0.717) is 39.2 Å². The fourth-order valence-corrected chi connectivity index (χ4v) is 10.6. The molecule has 7 aromatic rings. The van der Waals surface area contributed by atoms with E-state index >= 15 is 8.78 Å². The number of alkyl halides is 1. The number of carbonyl (C=O) groups is 3. The van der Waals surface area contributed by atoms with Crippen LogP contribution in [0.1, 0.15) is 83.2 Å². The highest BCUT2D eigenvalue weighted by molar-refractivity contribution is 7.80. The van der Waals surface area contributed by atoms with Crippen LogP contribution in [0.15, 0.2) is 95.2 Å². The van der Waals surface area contributed by atoms with Crippen molar-refractivity contribution in [3.8, 4) is 27.3 Å². The number of aliphatic hydroxyl groups excluding tert-OH is 1. The molecule has 9 rings (SSSR count). The number of aromatic nitrogens is 4. The van der Waals surface area contributed by atoms with Crippen LogP contribution in [0.4, 0.5) is 18.9 Å². The minimum absolute atomic E-state index is 0.00766. The number of H-pyrrole nitrogens is 1. The highest BCUT2D eigenvalue weighted by Gasteiger charge is 2.43. The number of nitrogens with one attached hydrogen (secondary N) is 2. The average Bonchev–Trinajstić information content (AvgIpc) is 4.22. The number of carbonyl (C=O) groups excluding carboxylic acids is 3. The van der Waals surface area contributed by atoms with Gasteiger partial charge in [-0.05, 0) is 87.1 Å². The number of pyridine rings is 1. The summed E-state index contributed by atoms with van der Waals surface area (Å²) in [6.07, 6.45) is 1.44. The standard InChI is InChI=1S/C50H49F3N8O8S2/c1-27-19-43(69-58-27)37(50(65)60-25-35(62)21-42(60)49(64)57-28(2)30-6-8-32(9-7-30)47-29(3)56-26-70-47)5-4-18-68-36-12-10-31(11-13-36)33-20-38-39(23-55-48(38)54-22-33)46(63)44-40(52)14-15-41(45(44)53)61(71(66)67)59-17-16-34(51)24-59/h6-15,19-20,22-23,26,28,34-35,37,42,62H,4-5,16-18,21,24-25H2,1-3H3,(H,54,55)(H,57,64)(H,66,67)/t28-,34+,35+,37+,42-/m0/s1. The Labute approximate surface area is 412 Å². The lowest BCUT2D eigenvalue weighted by Gasteiger charge is -2.29. The Bertz CT molecular complexity index is 3110. The van der Waals surface area contributed by atoms with Gasteiger partial charge in [-0.2, -0.15) is 4.41 Å². The second-order valence-corrected chi connectivity index (χ2v) is 19.3. The maximum absolute atomic E-state index is 16.1. The van der Waals surface area contributed by atoms with Crippen LogP contribution in [0, 0.1) is 25.5 Å². The van der Waals surface area contributed by atoms with Crippen LogP contribution in [-0.4, -0.2) is 106 Å². The first-order valence-electron chi connectivity index (χ1n) is 22.9. The van der Waals surface area contributed by atoms with E-state index in [1.807, 2.05) is 38.1 Å². The lowest BCUT2D eigenvalue weighted by molar-refractivity contribution is -0.140. The highest BCUT2D eigenvalue weighted by Crippen LogP contribution is 2.35. The number of ketones is 1. The van der Waals surface area contributed by atoms with E-state index in [9.17, 15) is 32.6 Å². The Balaban J connectivity index is 0.842. The molecule has 2 amide bonds. The largest absolute Gasteiger partial charge is 0.494 e. The number of thiazole rings is 1. The van der Waals surface area contributed by atoms with E-state index in [0.717, 1.165) is 38.8 Å². The third kappa shape index (κ3) is 10.4. The molecule has 6 heterocycles. The van der Waals surface area contributed by atoms with Crippen LogP contribution in [-0.2, 0) is 20.9 Å². The van der Waals surface area contributed by atoms with Crippen LogP contribution in [0.25, 0.3) is 32.6 Å². The molecular weight excluding hydrogens is 962 g/mol. The molecule has 4 aromatic heterocycles. The number of aromatic amines is 1. The molecule has 2 aliphatic heterocycles. The zero-order valence-corrected chi connectivity index (χ0v) is 40.3. The molecule has 2 saturated heterocycles. The van der Waals surface area contributed by atoms with E-state index in [2.05, 4.69) is 25.4 Å². The fraction of sp³-hybridized carbons (Fsp3) is 0.320. The van der Waals surface area contributed by atoms with Gasteiger partial charge in [0.25, 0.3) is 11.3 Å². The summed E-state index contributed by atoms with van der Waals surface area (Å²) >= 11 is -1.30. The Kier molecular flexibility index (Phi) is 14.5. The number of rotatable bonds is 17. The van der Waals surface area contributed by atoms with Gasteiger partial charge >= 0.3 is 0 Å². The number of fused-ring (bicyclic) bond motifs is 1. The molecular formula is C50H49F3N8O8S2. The quantitative estimate of drug-likeness (QED) is 0.0387. The third-order valence-electron chi connectivity index (χ3n) is 12.8. The van der Waals surface area contributed by atoms with Crippen molar-refractivity contribution in [2.75, 3.05) is 30.7 Å². The maximum Gasteiger partial charge on any atom is 0.277 e. The molecule has 0 saturated carbocycles. The summed E-state index contributed by atoms with van der Waals surface area (Å²) in [5.74, 6) is -4.32. The predicted molar refractivity (Wildman–Crippen MR) is 259 cm³/mol. The molecule has 71 heavy (non-hydrogen) atoms. The number of anilines is 1. The number of likely N-dealkylation sites (tertiary alicyclic amines) is 1. The minimum Gasteiger partial charge on any atom is -0.494 e. The fourth-order valence-electron chi connectivity index (χ4n) is 9.14. The normalized spacial score (nSPS) is 18.4. The molecule has 4 N–H and O–H groups in total. The lowest BCUT2D eigenvalue weighted by atomic mass is 9.97. The number of ether oxygens (including phenoxy) is 1. The number of benzene rings is 3. The van der Waals surface area contributed by atoms with Crippen molar-refractivity contribution >= 4 is 56.9 Å². The number of hydrogen-bond donors (Lipinski definition) is 4. The highest BCUT2D eigenvalue weighted by atomic mass is 32.2. The van der Waals surface area contributed by atoms with Crippen LogP contribution >= 0.6 is 11.3 Å². The summed E-state index contributed by atoms with van der Waals surface area (Å²) in [7, 11) is 0. The van der Waals surface area contributed by atoms with E-state index < -0.39 is 64.2 Å². The summed E-state index contributed by atoms with van der Waals surface area (Å²) in [5.41, 5.74) is 5.14. The predicted octanol–water partition coefficient (Wildman–Crippen LogP) is 8.15. The monoisotopic (exact) mass is 1010 g/mol. The molecule has 21 heteroatoms. The number of halogens is 3. The summed E-state index contributed by atoms with van der Waals surface area (Å²) in [6.45, 7) is 5.48. The van der Waals surface area contributed by atoms with Gasteiger partial charge in [-0.25, -0.2) is 32.4 Å². The topological polar surface area (TPSA) is 207 Å². The molecule has 6 atom stereocenters. The molecule has 370 valence electrons. The van der Waals surface area contributed by atoms with Crippen LogP contribution in [0.2, 0.25) is 0 Å². The Morgan fingerprint density at radius 2 is 1.79 bits per heavy atom. The second kappa shape index (κ2) is 20.9. The summed E-state index contributed by atoms with van der Waals surface area (Å²) in [6, 6.07) is 18.7. The van der Waals surface area contributed by atoms with Gasteiger partial charge in [0, 0.05) is 54.5 Å². The lowest BCUT2D eigenvalue weighted by Crippen LogP contribution is -2.48. The molecule has 2 fully saturated rings. The molecule has 3 aromatic carbocycles. The van der Waals surface area contributed by atoms with Crippen molar-refractivity contribution in [1.82, 2.24) is 35.3 Å². The number of hydrazine groups is 1. The summed E-state index contributed by atoms with van der Waals surface area (Å²) < 4.78 is 80.0. The van der Waals surface area contributed by atoms with Gasteiger partial charge in [-0.15, -0.1) is 11.3 Å². The zero-order valence-electron chi connectivity index (χ0n) is 38.7. The minimum atomic E-state index is -2.85. The van der Waals surface area contributed by atoms with Crippen molar-refractivity contribution in [3.63, 3.8) is 0 Å². The van der Waals surface area contributed by atoms with Gasteiger partial charge < -0.3 is 29.6 Å². The number of nitrogens with zero attached hydrogens (tertiary/aromatic N) is 6. The van der Waals surface area contributed by atoms with Gasteiger partial charge in [0.15, 0.2) is 5.82 Å². The van der Waals surface area contributed by atoms with Gasteiger partial charge in [0.1, 0.15) is 40.9 Å². The first-order chi connectivity index (χ1) is 34.1. The van der Waals surface area contributed by atoms with Crippen molar-refractivity contribution < 1.29 is 50.7 Å². The van der Waals surface area contributed by atoms with Gasteiger partial charge in [0.05, 0.1) is 58.6 Å². The van der Waals surface area contributed by atoms with Crippen LogP contribution < -0.4 is 14.5 Å². The Hall–Kier alpha value is -6.78. The van der Waals surface area contributed by atoms with Crippen molar-refractivity contribution in [1.29, 1.82) is 0 Å². The van der Waals surface area contributed by atoms with Crippen molar-refractivity contribution in [2.24, 2.45) is 0 Å². The van der Waals surface area contributed by atoms with E-state index in [1.165, 1.54) is 11.1 Å². The van der Waals surface area contributed by atoms with Crippen LogP contribution in [0.5, 0.6) is 5.75 Å². The van der Waals surface area contributed by atoms with E-state index in [-0.39, 0.29) is 80.0 Å². The first-order valence-corrected chi connectivity index (χ1v) is 24.8. The van der Waals surface area contributed by atoms with Crippen molar-refractivity contribution in [2.45, 2.75) is 76.7 Å². The summed E-state index contributed by atoms with van der Waals surface area (Å²) in [5, 5.41) is 19.2. The molecule has 2 aliphatic rings. The third-order valence-corrected chi connectivity index (χ3v) is 14.5. The molecule has 0 aliphatic carbocycles. The summed E-state index contributed by atoms with van der Waals surface area (Å²) in [4.78, 5) is 56.1. The van der Waals surface area contributed by atoms with Crippen LogP contribution in [0.3, 0.4) is 0 Å². The molecule has 1 unspecified atom stereocenters. The Morgan fingerprint density at radius 3 is 2.46 bits per heavy atom. The first kappa shape index (κ1) is 49.2. The van der Waals surface area contributed by atoms with Gasteiger partial charge in [0.2, 0.25) is 17.6 Å². The second-order valence-electron chi connectivity index (χ2n) is 17.7. The number of aryl methyl sites for hydroxylation is 2. The smallest absolute Gasteiger partial charge is 0.277 e. The molecule has 16 nitrogen and oxygen atoms in total. The molecule has 0 radical (unpaired) electrons. The zero-order chi connectivity index (χ0) is 50.1. The maximum atomic E-state index is 16.1. The molecule has 0 bridgehead atoms. The molecule has 0 spiro atoms. The number of β-amino-alcohol motifs (C(OH)–C–C–N with tert-alkyl or cyclic N) is 1. The van der Waals surface area contributed by atoms with Gasteiger partial charge in [-0.3, -0.25) is 18.9 Å². The SMILES string of the molecule is Cc1cc([C@@H](CCCOc2ccc(-c3cnc4[nH]cc(C(=O)c5c(F)ccc(N(N6CC[C@@H](F)C6)S(=O)O)c5F)c4c3)cc2)C(=O)N2C[C@H](O)C[C@H]2C(=O)N[C@@H](C)c2ccc(-c3scnc3C)cc2)on1. The number of hydrogen-bond acceptors (Lipinski definition) is 12. The van der Waals surface area contributed by atoms with E-state index in [4.69, 9.17) is 9.26 Å². The van der Waals surface area contributed by atoms with Crippen molar-refractivity contribution in [3.05, 3.63) is 136 Å². The number of aliphatic hydroxyl groups is 1. The van der Waals surface area contributed by atoms with E-state index in [1.54, 1.807) is 66.4 Å². The average molecular weight is 1010 g/mol.